The lowest BCUT2D eigenvalue weighted by Gasteiger charge is -2.08. The van der Waals surface area contributed by atoms with Crippen molar-refractivity contribution in [2.75, 3.05) is 13.4 Å². The van der Waals surface area contributed by atoms with Crippen molar-refractivity contribution in [3.8, 4) is 17.6 Å². The molecule has 3 rings (SSSR count). The Morgan fingerprint density at radius 1 is 1.48 bits per heavy atom. The van der Waals surface area contributed by atoms with Crippen LogP contribution in [0.2, 0.25) is 5.02 Å². The highest BCUT2D eigenvalue weighted by Gasteiger charge is 2.26. The van der Waals surface area contributed by atoms with Crippen LogP contribution in [0.3, 0.4) is 0 Å². The Kier molecular flexibility index (Phi) is 4.88. The van der Waals surface area contributed by atoms with Gasteiger partial charge in [0.1, 0.15) is 5.01 Å². The van der Waals surface area contributed by atoms with Crippen LogP contribution in [0.25, 0.3) is 0 Å². The van der Waals surface area contributed by atoms with Crippen LogP contribution in [0.4, 0.5) is 0 Å². The molecule has 0 aliphatic carbocycles. The van der Waals surface area contributed by atoms with E-state index in [-0.39, 0.29) is 17.4 Å². The van der Waals surface area contributed by atoms with Crippen molar-refractivity contribution in [3.05, 3.63) is 38.8 Å². The summed E-state index contributed by atoms with van der Waals surface area (Å²) in [7, 11) is 0. The number of carbonyl (C=O) groups is 2. The summed E-state index contributed by atoms with van der Waals surface area (Å²) in [6, 6.07) is 4.68. The molecule has 1 aromatic carbocycles. The Hall–Kier alpha value is -2.63. The number of hydrogen-bond donors (Lipinski definition) is 0. The van der Waals surface area contributed by atoms with Crippen LogP contribution in [0.1, 0.15) is 27.0 Å². The SMILES string of the molecule is Cc1csc([C@H](C#N)C(=O)COC(=O)c2cc(Cl)c3c(c2)OCO3)n1. The highest BCUT2D eigenvalue weighted by molar-refractivity contribution is 7.09. The van der Waals surface area contributed by atoms with Crippen molar-refractivity contribution < 1.29 is 23.8 Å². The van der Waals surface area contributed by atoms with Crippen molar-refractivity contribution in [1.82, 2.24) is 4.98 Å². The second kappa shape index (κ2) is 7.09. The molecule has 0 saturated carbocycles. The summed E-state index contributed by atoms with van der Waals surface area (Å²) < 4.78 is 15.3. The van der Waals surface area contributed by atoms with Gasteiger partial charge >= 0.3 is 5.97 Å². The fourth-order valence-electron chi connectivity index (χ4n) is 2.16. The fourth-order valence-corrected chi connectivity index (χ4v) is 3.28. The van der Waals surface area contributed by atoms with E-state index in [1.807, 2.05) is 6.07 Å². The number of halogens is 1. The van der Waals surface area contributed by atoms with E-state index in [1.165, 1.54) is 23.5 Å². The van der Waals surface area contributed by atoms with Gasteiger partial charge in [0.15, 0.2) is 29.8 Å². The molecule has 0 bridgehead atoms. The van der Waals surface area contributed by atoms with Crippen LogP contribution in [0.15, 0.2) is 17.5 Å². The number of esters is 1. The molecule has 0 radical (unpaired) electrons. The molecular formula is C16H11ClN2O5S. The molecule has 1 atom stereocenters. The monoisotopic (exact) mass is 378 g/mol. The molecule has 9 heteroatoms. The first-order valence-corrected chi connectivity index (χ1v) is 8.36. The number of nitriles is 1. The zero-order valence-electron chi connectivity index (χ0n) is 12.9. The number of benzene rings is 1. The lowest BCUT2D eigenvalue weighted by molar-refractivity contribution is -0.122. The van der Waals surface area contributed by atoms with Gasteiger partial charge in [0.05, 0.1) is 16.7 Å². The highest BCUT2D eigenvalue weighted by atomic mass is 35.5. The van der Waals surface area contributed by atoms with Crippen molar-refractivity contribution in [2.24, 2.45) is 0 Å². The third-order valence-electron chi connectivity index (χ3n) is 3.34. The summed E-state index contributed by atoms with van der Waals surface area (Å²) in [4.78, 5) is 28.4. The lowest BCUT2D eigenvalue weighted by atomic mass is 10.1. The average molecular weight is 379 g/mol. The molecule has 0 spiro atoms. The number of nitrogens with zero attached hydrogens (tertiary/aromatic N) is 2. The maximum Gasteiger partial charge on any atom is 0.338 e. The Labute approximate surface area is 151 Å². The molecule has 0 unspecified atom stereocenters. The van der Waals surface area contributed by atoms with E-state index in [0.717, 1.165) is 5.69 Å². The van der Waals surface area contributed by atoms with E-state index in [2.05, 4.69) is 4.98 Å². The molecule has 2 heterocycles. The quantitative estimate of drug-likeness (QED) is 0.737. The third kappa shape index (κ3) is 3.57. The molecule has 25 heavy (non-hydrogen) atoms. The highest BCUT2D eigenvalue weighted by Crippen LogP contribution is 2.39. The number of ketones is 1. The Balaban J connectivity index is 1.67. The molecule has 128 valence electrons. The van der Waals surface area contributed by atoms with Gasteiger partial charge in [-0.15, -0.1) is 11.3 Å². The van der Waals surface area contributed by atoms with Crippen LogP contribution in [0.5, 0.6) is 11.5 Å². The number of aryl methyl sites for hydroxylation is 1. The van der Waals surface area contributed by atoms with Crippen LogP contribution >= 0.6 is 22.9 Å². The molecule has 7 nitrogen and oxygen atoms in total. The first-order valence-electron chi connectivity index (χ1n) is 7.10. The molecule has 0 amide bonds. The Morgan fingerprint density at radius 2 is 2.28 bits per heavy atom. The Bertz CT molecular complexity index is 889. The van der Waals surface area contributed by atoms with Crippen LogP contribution in [-0.2, 0) is 9.53 Å². The number of aromatic nitrogens is 1. The fraction of sp³-hybridized carbons (Fsp3) is 0.250. The maximum absolute atomic E-state index is 12.2. The van der Waals surface area contributed by atoms with Crippen molar-refractivity contribution in [3.63, 3.8) is 0 Å². The second-order valence-electron chi connectivity index (χ2n) is 5.12. The summed E-state index contributed by atoms with van der Waals surface area (Å²) in [6.07, 6.45) is 0. The predicted octanol–water partition coefficient (Wildman–Crippen LogP) is 2.87. The topological polar surface area (TPSA) is 98.5 Å². The number of Topliss-reactive ketones (excluding diaryl/α,β-unsaturated/α-hetero) is 1. The number of fused-ring (bicyclic) bond motifs is 1. The van der Waals surface area contributed by atoms with Gasteiger partial charge in [0, 0.05) is 11.1 Å². The van der Waals surface area contributed by atoms with E-state index in [9.17, 15) is 14.9 Å². The van der Waals surface area contributed by atoms with Gasteiger partial charge in [-0.1, -0.05) is 11.6 Å². The van der Waals surface area contributed by atoms with Crippen molar-refractivity contribution in [2.45, 2.75) is 12.8 Å². The number of ether oxygens (including phenoxy) is 3. The van der Waals surface area contributed by atoms with Crippen LogP contribution < -0.4 is 9.47 Å². The van der Waals surface area contributed by atoms with Crippen molar-refractivity contribution >= 4 is 34.7 Å². The first-order chi connectivity index (χ1) is 12.0. The summed E-state index contributed by atoms with van der Waals surface area (Å²) in [5.74, 6) is -1.67. The van der Waals surface area contributed by atoms with Crippen molar-refractivity contribution in [1.29, 1.82) is 5.26 Å². The lowest BCUT2D eigenvalue weighted by Crippen LogP contribution is -2.20. The van der Waals surface area contributed by atoms with E-state index >= 15 is 0 Å². The summed E-state index contributed by atoms with van der Waals surface area (Å²) >= 11 is 7.22. The average Bonchev–Trinajstić information content (AvgIpc) is 3.22. The van der Waals surface area contributed by atoms with Gasteiger partial charge in [-0.3, -0.25) is 4.79 Å². The molecule has 0 saturated heterocycles. The van der Waals surface area contributed by atoms with Gasteiger partial charge in [-0.25, -0.2) is 9.78 Å². The standard InChI is InChI=1S/C16H11ClN2O5S/c1-8-6-25-15(19-8)10(4-18)12(20)5-22-16(21)9-2-11(17)14-13(3-9)23-7-24-14/h2-3,6,10H,5,7H2,1H3/t10-/m1/s1. The number of thiazole rings is 1. The third-order valence-corrected chi connectivity index (χ3v) is 4.65. The minimum Gasteiger partial charge on any atom is -0.454 e. The van der Waals surface area contributed by atoms with E-state index in [4.69, 9.17) is 25.8 Å². The minimum atomic E-state index is -1.06. The molecule has 0 N–H and O–H groups in total. The molecule has 0 fully saturated rings. The summed E-state index contributed by atoms with van der Waals surface area (Å²) in [6.45, 7) is 1.24. The van der Waals surface area contributed by atoms with E-state index in [0.29, 0.717) is 16.5 Å². The largest absolute Gasteiger partial charge is 0.454 e. The van der Waals surface area contributed by atoms with Gasteiger partial charge in [0.2, 0.25) is 6.79 Å². The van der Waals surface area contributed by atoms with Gasteiger partial charge in [0.25, 0.3) is 0 Å². The maximum atomic E-state index is 12.2. The zero-order valence-corrected chi connectivity index (χ0v) is 14.5. The minimum absolute atomic E-state index is 0.0170. The number of carbonyl (C=O) groups excluding carboxylic acids is 2. The van der Waals surface area contributed by atoms with E-state index in [1.54, 1.807) is 12.3 Å². The first kappa shape index (κ1) is 17.2. The molecule has 1 aliphatic heterocycles. The summed E-state index contributed by atoms with van der Waals surface area (Å²) in [5, 5.41) is 11.5. The molecule has 2 aromatic rings. The van der Waals surface area contributed by atoms with Gasteiger partial charge in [-0.2, -0.15) is 5.26 Å². The molecule has 1 aliphatic rings. The van der Waals surface area contributed by atoms with E-state index < -0.39 is 24.3 Å². The predicted molar refractivity (Wildman–Crippen MR) is 88.1 cm³/mol. The van der Waals surface area contributed by atoms with Crippen LogP contribution in [-0.4, -0.2) is 30.1 Å². The second-order valence-corrected chi connectivity index (χ2v) is 6.42. The number of rotatable bonds is 5. The summed E-state index contributed by atoms with van der Waals surface area (Å²) in [5.41, 5.74) is 0.848. The Morgan fingerprint density at radius 3 is 2.96 bits per heavy atom. The molecular weight excluding hydrogens is 368 g/mol. The van der Waals surface area contributed by atoms with Gasteiger partial charge < -0.3 is 14.2 Å². The normalized spacial score (nSPS) is 13.2. The molecule has 1 aromatic heterocycles. The smallest absolute Gasteiger partial charge is 0.338 e. The van der Waals surface area contributed by atoms with Gasteiger partial charge in [-0.05, 0) is 19.1 Å². The zero-order chi connectivity index (χ0) is 18.0. The number of hydrogen-bond acceptors (Lipinski definition) is 8. The van der Waals surface area contributed by atoms with Crippen LogP contribution in [0, 0.1) is 18.3 Å².